The molecule has 0 radical (unpaired) electrons. The minimum atomic E-state index is 0.0777. The molecule has 82 valence electrons. The van der Waals surface area contributed by atoms with Crippen LogP contribution in [-0.4, -0.2) is 17.9 Å². The SMILES string of the molecule is COc1ncc(C2CCCCCC2=O)s1. The number of hydrogen-bond acceptors (Lipinski definition) is 4. The molecule has 1 aromatic heterocycles. The number of carbonyl (C=O) groups excluding carboxylic acids is 1. The van der Waals surface area contributed by atoms with Crippen LogP contribution in [0.25, 0.3) is 0 Å². The zero-order valence-electron chi connectivity index (χ0n) is 8.86. The molecule has 0 amide bonds. The predicted molar refractivity (Wildman–Crippen MR) is 59.5 cm³/mol. The molecule has 0 saturated heterocycles. The fourth-order valence-electron chi connectivity index (χ4n) is 1.99. The first-order valence-electron chi connectivity index (χ1n) is 5.33. The monoisotopic (exact) mass is 225 g/mol. The molecular weight excluding hydrogens is 210 g/mol. The number of thiazole rings is 1. The van der Waals surface area contributed by atoms with E-state index in [4.69, 9.17) is 4.74 Å². The summed E-state index contributed by atoms with van der Waals surface area (Å²) >= 11 is 1.50. The summed E-state index contributed by atoms with van der Waals surface area (Å²) in [6.07, 6.45) is 6.87. The highest BCUT2D eigenvalue weighted by atomic mass is 32.1. The highest BCUT2D eigenvalue weighted by Gasteiger charge is 2.24. The lowest BCUT2D eigenvalue weighted by Crippen LogP contribution is -2.08. The first-order chi connectivity index (χ1) is 7.31. The van der Waals surface area contributed by atoms with Gasteiger partial charge in [-0.1, -0.05) is 24.2 Å². The summed E-state index contributed by atoms with van der Waals surface area (Å²) in [6.45, 7) is 0. The van der Waals surface area contributed by atoms with Crippen molar-refractivity contribution in [3.63, 3.8) is 0 Å². The molecule has 15 heavy (non-hydrogen) atoms. The maximum Gasteiger partial charge on any atom is 0.273 e. The minimum absolute atomic E-state index is 0.0777. The molecule has 1 unspecified atom stereocenters. The summed E-state index contributed by atoms with van der Waals surface area (Å²) in [7, 11) is 1.61. The van der Waals surface area contributed by atoms with E-state index < -0.39 is 0 Å². The molecule has 1 fully saturated rings. The van der Waals surface area contributed by atoms with Crippen molar-refractivity contribution < 1.29 is 9.53 Å². The van der Waals surface area contributed by atoms with Gasteiger partial charge >= 0.3 is 0 Å². The number of methoxy groups -OCH3 is 1. The second-order valence-corrected chi connectivity index (χ2v) is 4.88. The van der Waals surface area contributed by atoms with E-state index in [0.717, 1.165) is 30.6 Å². The molecular formula is C11H15NO2S. The van der Waals surface area contributed by atoms with Gasteiger partial charge in [-0.3, -0.25) is 4.79 Å². The number of carbonyl (C=O) groups is 1. The summed E-state index contributed by atoms with van der Waals surface area (Å²) in [5.74, 6) is 0.452. The zero-order valence-corrected chi connectivity index (χ0v) is 9.68. The molecule has 2 rings (SSSR count). The number of aromatic nitrogens is 1. The lowest BCUT2D eigenvalue weighted by Gasteiger charge is -2.08. The average molecular weight is 225 g/mol. The molecule has 4 heteroatoms. The second kappa shape index (κ2) is 4.75. The van der Waals surface area contributed by atoms with Gasteiger partial charge in [0.25, 0.3) is 5.19 Å². The van der Waals surface area contributed by atoms with Gasteiger partial charge in [0.2, 0.25) is 0 Å². The molecule has 0 aromatic carbocycles. The van der Waals surface area contributed by atoms with Gasteiger partial charge in [-0.15, -0.1) is 0 Å². The number of nitrogens with zero attached hydrogens (tertiary/aromatic N) is 1. The molecule has 1 saturated carbocycles. The Labute approximate surface area is 93.5 Å². The van der Waals surface area contributed by atoms with E-state index >= 15 is 0 Å². The molecule has 0 N–H and O–H groups in total. The predicted octanol–water partition coefficient (Wildman–Crippen LogP) is 2.77. The highest BCUT2D eigenvalue weighted by molar-refractivity contribution is 7.13. The van der Waals surface area contributed by atoms with E-state index in [-0.39, 0.29) is 5.92 Å². The topological polar surface area (TPSA) is 39.2 Å². The van der Waals surface area contributed by atoms with Gasteiger partial charge in [0.15, 0.2) is 0 Å². The van der Waals surface area contributed by atoms with E-state index in [2.05, 4.69) is 4.98 Å². The summed E-state index contributed by atoms with van der Waals surface area (Å²) in [5.41, 5.74) is 0. The van der Waals surface area contributed by atoms with Crippen molar-refractivity contribution in [1.29, 1.82) is 0 Å². The van der Waals surface area contributed by atoms with Crippen molar-refractivity contribution >= 4 is 17.1 Å². The highest BCUT2D eigenvalue weighted by Crippen LogP contribution is 2.34. The molecule has 1 aliphatic carbocycles. The largest absolute Gasteiger partial charge is 0.473 e. The Kier molecular flexibility index (Phi) is 3.36. The Bertz CT molecular complexity index is 348. The molecule has 0 spiro atoms. The van der Waals surface area contributed by atoms with Crippen molar-refractivity contribution in [1.82, 2.24) is 4.98 Å². The molecule has 3 nitrogen and oxygen atoms in total. The van der Waals surface area contributed by atoms with Crippen LogP contribution in [0.5, 0.6) is 5.19 Å². The van der Waals surface area contributed by atoms with E-state index in [0.29, 0.717) is 11.0 Å². The normalized spacial score (nSPS) is 22.5. The molecule has 1 aliphatic rings. The van der Waals surface area contributed by atoms with Crippen LogP contribution in [-0.2, 0) is 4.79 Å². The zero-order chi connectivity index (χ0) is 10.7. The third kappa shape index (κ3) is 2.37. The maximum absolute atomic E-state index is 11.9. The molecule has 1 heterocycles. The van der Waals surface area contributed by atoms with Crippen LogP contribution < -0.4 is 4.74 Å². The van der Waals surface area contributed by atoms with Gasteiger partial charge in [-0.2, -0.15) is 0 Å². The van der Waals surface area contributed by atoms with E-state index in [9.17, 15) is 4.79 Å². The Morgan fingerprint density at radius 1 is 1.47 bits per heavy atom. The Morgan fingerprint density at radius 3 is 3.07 bits per heavy atom. The number of ether oxygens (including phenoxy) is 1. The summed E-state index contributed by atoms with van der Waals surface area (Å²) in [4.78, 5) is 17.0. The van der Waals surface area contributed by atoms with Crippen LogP contribution >= 0.6 is 11.3 Å². The maximum atomic E-state index is 11.9. The first kappa shape index (κ1) is 10.6. The van der Waals surface area contributed by atoms with Gasteiger partial charge < -0.3 is 4.74 Å². The number of hydrogen-bond donors (Lipinski definition) is 0. The van der Waals surface area contributed by atoms with E-state index in [1.807, 2.05) is 0 Å². The second-order valence-electron chi connectivity index (χ2n) is 3.85. The number of Topliss-reactive ketones (excluding diaryl/α,β-unsaturated/α-hetero) is 1. The molecule has 1 aromatic rings. The lowest BCUT2D eigenvalue weighted by atomic mass is 9.98. The van der Waals surface area contributed by atoms with E-state index in [1.54, 1.807) is 13.3 Å². The fraction of sp³-hybridized carbons (Fsp3) is 0.636. The molecule has 0 aliphatic heterocycles. The Morgan fingerprint density at radius 2 is 2.33 bits per heavy atom. The van der Waals surface area contributed by atoms with Crippen molar-refractivity contribution in [3.8, 4) is 5.19 Å². The molecule has 0 bridgehead atoms. The smallest absolute Gasteiger partial charge is 0.273 e. The third-order valence-corrected chi connectivity index (χ3v) is 3.90. The Hall–Kier alpha value is -0.900. The van der Waals surface area contributed by atoms with Crippen molar-refractivity contribution in [2.24, 2.45) is 0 Å². The first-order valence-corrected chi connectivity index (χ1v) is 6.15. The van der Waals surface area contributed by atoms with Crippen LogP contribution in [0, 0.1) is 0 Å². The van der Waals surface area contributed by atoms with Crippen molar-refractivity contribution in [3.05, 3.63) is 11.1 Å². The summed E-state index contributed by atoms with van der Waals surface area (Å²) in [5, 5.41) is 0.655. The fourth-order valence-corrected chi connectivity index (χ4v) is 2.87. The molecule has 1 atom stereocenters. The van der Waals surface area contributed by atoms with E-state index in [1.165, 1.54) is 17.8 Å². The van der Waals surface area contributed by atoms with Gasteiger partial charge in [0.1, 0.15) is 5.78 Å². The number of ketones is 1. The van der Waals surface area contributed by atoms with Crippen LogP contribution in [0.2, 0.25) is 0 Å². The average Bonchev–Trinajstić information content (AvgIpc) is 2.62. The van der Waals surface area contributed by atoms with Crippen LogP contribution in [0.3, 0.4) is 0 Å². The minimum Gasteiger partial charge on any atom is -0.473 e. The quantitative estimate of drug-likeness (QED) is 0.726. The number of rotatable bonds is 2. The van der Waals surface area contributed by atoms with Gasteiger partial charge in [0, 0.05) is 17.5 Å². The van der Waals surface area contributed by atoms with Crippen molar-refractivity contribution in [2.75, 3.05) is 7.11 Å². The van der Waals surface area contributed by atoms with Crippen LogP contribution in [0.15, 0.2) is 6.20 Å². The van der Waals surface area contributed by atoms with Gasteiger partial charge in [-0.05, 0) is 12.8 Å². The van der Waals surface area contributed by atoms with Crippen LogP contribution in [0.1, 0.15) is 42.9 Å². The summed E-state index contributed by atoms with van der Waals surface area (Å²) < 4.78 is 5.05. The lowest BCUT2D eigenvalue weighted by molar-refractivity contribution is -0.120. The van der Waals surface area contributed by atoms with Gasteiger partial charge in [-0.25, -0.2) is 4.98 Å². The Balaban J connectivity index is 2.16. The van der Waals surface area contributed by atoms with Crippen molar-refractivity contribution in [2.45, 2.75) is 38.0 Å². The standard InChI is InChI=1S/C11H15NO2S/c1-14-11-12-7-10(15-11)8-5-3-2-4-6-9(8)13/h7-8H,2-6H2,1H3. The van der Waals surface area contributed by atoms with Crippen LogP contribution in [0.4, 0.5) is 0 Å². The van der Waals surface area contributed by atoms with Gasteiger partial charge in [0.05, 0.1) is 13.0 Å². The summed E-state index contributed by atoms with van der Waals surface area (Å²) in [6, 6.07) is 0. The third-order valence-electron chi connectivity index (χ3n) is 2.83.